The van der Waals surface area contributed by atoms with Crippen LogP contribution in [0.5, 0.6) is 5.75 Å². The number of nitrogens with one attached hydrogen (secondary N) is 1. The zero-order chi connectivity index (χ0) is 21.0. The van der Waals surface area contributed by atoms with Crippen molar-refractivity contribution >= 4 is 33.2 Å². The Morgan fingerprint density at radius 3 is 2.66 bits per heavy atom. The highest BCUT2D eigenvalue weighted by atomic mass is 35.5. The van der Waals surface area contributed by atoms with Gasteiger partial charge in [0.2, 0.25) is 15.9 Å². The fraction of sp³-hybridized carbons (Fsp3) is 0.333. The highest BCUT2D eigenvalue weighted by Gasteiger charge is 2.27. The third-order valence-electron chi connectivity index (χ3n) is 4.31. The molecule has 0 radical (unpaired) electrons. The van der Waals surface area contributed by atoms with Crippen molar-refractivity contribution in [3.63, 3.8) is 0 Å². The number of halogens is 1. The first-order valence-electron chi connectivity index (χ1n) is 8.73. The van der Waals surface area contributed by atoms with E-state index in [0.29, 0.717) is 29.7 Å². The van der Waals surface area contributed by atoms with Gasteiger partial charge in [-0.2, -0.15) is 4.31 Å². The summed E-state index contributed by atoms with van der Waals surface area (Å²) in [5.74, 6) is -0.132. The molecule has 3 rings (SSSR count). The summed E-state index contributed by atoms with van der Waals surface area (Å²) < 4.78 is 38.2. The largest absolute Gasteiger partial charge is 0.495 e. The maximum Gasteiger partial charge on any atom is 0.251 e. The summed E-state index contributed by atoms with van der Waals surface area (Å²) in [5, 5.41) is 3.01. The number of ether oxygens (including phenoxy) is 2. The van der Waals surface area contributed by atoms with E-state index in [1.54, 1.807) is 12.1 Å². The van der Waals surface area contributed by atoms with Crippen LogP contribution >= 0.6 is 11.6 Å². The van der Waals surface area contributed by atoms with Gasteiger partial charge in [-0.1, -0.05) is 11.6 Å². The number of anilines is 1. The monoisotopic (exact) mass is 441 g/mol. The number of nitrogens with zero attached hydrogens (tertiary/aromatic N) is 2. The molecule has 2 heterocycles. The number of hydrogen-bond donors (Lipinski definition) is 1. The van der Waals surface area contributed by atoms with Crippen LogP contribution in [0.2, 0.25) is 5.02 Å². The summed E-state index contributed by atoms with van der Waals surface area (Å²) in [4.78, 5) is 24.5. The van der Waals surface area contributed by atoms with Gasteiger partial charge >= 0.3 is 0 Å². The molecule has 1 saturated heterocycles. The second kappa shape index (κ2) is 8.95. The second-order valence-electron chi connectivity index (χ2n) is 6.24. The predicted molar refractivity (Wildman–Crippen MR) is 107 cm³/mol. The fourth-order valence-corrected chi connectivity index (χ4v) is 4.44. The maximum absolute atomic E-state index is 12.8. The Labute approximate surface area is 172 Å². The van der Waals surface area contributed by atoms with Crippen molar-refractivity contribution in [2.24, 2.45) is 0 Å². The third-order valence-corrected chi connectivity index (χ3v) is 6.43. The van der Waals surface area contributed by atoms with Crippen LogP contribution in [0.3, 0.4) is 0 Å². The highest BCUT2D eigenvalue weighted by Crippen LogP contribution is 2.27. The molecule has 0 unspecified atom stereocenters. The number of rotatable bonds is 6. The number of morpholine rings is 1. The topological polar surface area (TPSA) is 107 Å². The normalized spacial score (nSPS) is 15.1. The van der Waals surface area contributed by atoms with Crippen molar-refractivity contribution < 1.29 is 22.7 Å². The van der Waals surface area contributed by atoms with Gasteiger partial charge in [-0.3, -0.25) is 9.59 Å². The molecule has 1 aromatic carbocycles. The zero-order valence-corrected chi connectivity index (χ0v) is 17.2. The van der Waals surface area contributed by atoms with Crippen LogP contribution in [0.15, 0.2) is 46.2 Å². The first-order chi connectivity index (χ1) is 13.8. The Balaban J connectivity index is 1.81. The second-order valence-corrected chi connectivity index (χ2v) is 8.61. The van der Waals surface area contributed by atoms with Crippen LogP contribution in [0.4, 0.5) is 5.69 Å². The molecule has 0 spiro atoms. The van der Waals surface area contributed by atoms with Crippen molar-refractivity contribution in [3.8, 4) is 5.75 Å². The molecule has 1 aromatic heterocycles. The number of carbonyl (C=O) groups is 1. The number of pyridine rings is 1. The van der Waals surface area contributed by atoms with Crippen LogP contribution in [-0.4, -0.2) is 56.6 Å². The molecule has 29 heavy (non-hydrogen) atoms. The molecule has 1 amide bonds. The average molecular weight is 442 g/mol. The Morgan fingerprint density at radius 2 is 1.97 bits per heavy atom. The van der Waals surface area contributed by atoms with Crippen molar-refractivity contribution in [3.05, 3.63) is 51.9 Å². The first kappa shape index (κ1) is 21.3. The Hall–Kier alpha value is -2.40. The molecule has 1 aliphatic rings. The minimum atomic E-state index is -3.79. The van der Waals surface area contributed by atoms with E-state index in [1.807, 2.05) is 0 Å². The number of methoxy groups -OCH3 is 1. The van der Waals surface area contributed by atoms with Crippen LogP contribution in [0.1, 0.15) is 0 Å². The van der Waals surface area contributed by atoms with Crippen LogP contribution in [-0.2, 0) is 26.1 Å². The lowest BCUT2D eigenvalue weighted by Gasteiger charge is -2.26. The molecule has 1 fully saturated rings. The summed E-state index contributed by atoms with van der Waals surface area (Å²) in [6, 6.07) is 7.09. The summed E-state index contributed by atoms with van der Waals surface area (Å²) in [6.45, 7) is 0.708. The fourth-order valence-electron chi connectivity index (χ4n) is 2.84. The minimum absolute atomic E-state index is 0.0628. The van der Waals surface area contributed by atoms with E-state index in [1.165, 1.54) is 29.7 Å². The average Bonchev–Trinajstić information content (AvgIpc) is 2.70. The zero-order valence-electron chi connectivity index (χ0n) is 15.6. The van der Waals surface area contributed by atoms with Crippen molar-refractivity contribution in [2.45, 2.75) is 11.4 Å². The molecule has 0 aliphatic carbocycles. The summed E-state index contributed by atoms with van der Waals surface area (Å²) in [7, 11) is -2.34. The van der Waals surface area contributed by atoms with Gasteiger partial charge in [-0.15, -0.1) is 0 Å². The molecule has 156 valence electrons. The molecule has 0 atom stereocenters. The third kappa shape index (κ3) is 4.96. The Bertz CT molecular complexity index is 1060. The molecular weight excluding hydrogens is 422 g/mol. The Kier molecular flexibility index (Phi) is 6.58. The Morgan fingerprint density at radius 1 is 1.24 bits per heavy atom. The first-order valence-corrected chi connectivity index (χ1v) is 10.5. The van der Waals surface area contributed by atoms with Crippen molar-refractivity contribution in [1.82, 2.24) is 8.87 Å². The molecule has 11 heteroatoms. The van der Waals surface area contributed by atoms with Gasteiger partial charge in [0.1, 0.15) is 12.3 Å². The number of hydrogen-bond acceptors (Lipinski definition) is 6. The quantitative estimate of drug-likeness (QED) is 0.721. The van der Waals surface area contributed by atoms with E-state index in [0.717, 1.165) is 10.6 Å². The number of amides is 1. The summed E-state index contributed by atoms with van der Waals surface area (Å²) in [5.41, 5.74) is -0.158. The predicted octanol–water partition coefficient (Wildman–Crippen LogP) is 1.17. The number of aromatic nitrogens is 1. The molecule has 1 aliphatic heterocycles. The van der Waals surface area contributed by atoms with E-state index in [-0.39, 0.29) is 24.5 Å². The summed E-state index contributed by atoms with van der Waals surface area (Å²) in [6.07, 6.45) is 1.17. The van der Waals surface area contributed by atoms with Crippen LogP contribution in [0.25, 0.3) is 0 Å². The molecule has 1 N–H and O–H groups in total. The van der Waals surface area contributed by atoms with E-state index in [2.05, 4.69) is 5.32 Å². The molecular formula is C18H20ClN3O6S. The lowest BCUT2D eigenvalue weighted by Crippen LogP contribution is -2.41. The lowest BCUT2D eigenvalue weighted by molar-refractivity contribution is -0.116. The van der Waals surface area contributed by atoms with Gasteiger partial charge in [0.15, 0.2) is 0 Å². The standard InChI is InChI=1S/C18H20ClN3O6S/c1-27-16-4-2-13(19)10-15(16)20-17(23)12-21-11-14(3-5-18(21)24)29(25,26)22-6-8-28-9-7-22/h2-5,10-11H,6-9,12H2,1H3,(H,20,23). The van der Waals surface area contributed by atoms with Gasteiger partial charge in [0.25, 0.3) is 5.56 Å². The SMILES string of the molecule is COc1ccc(Cl)cc1NC(=O)Cn1cc(S(=O)(=O)N2CCOCC2)ccc1=O. The molecule has 2 aromatic rings. The number of sulfonamides is 1. The summed E-state index contributed by atoms with van der Waals surface area (Å²) >= 11 is 5.95. The van der Waals surface area contributed by atoms with E-state index in [4.69, 9.17) is 21.1 Å². The van der Waals surface area contributed by atoms with Crippen molar-refractivity contribution in [2.75, 3.05) is 38.7 Å². The number of carbonyl (C=O) groups excluding carboxylic acids is 1. The van der Waals surface area contributed by atoms with E-state index < -0.39 is 21.5 Å². The minimum Gasteiger partial charge on any atom is -0.495 e. The van der Waals surface area contributed by atoms with Gasteiger partial charge < -0.3 is 19.4 Å². The smallest absolute Gasteiger partial charge is 0.251 e. The van der Waals surface area contributed by atoms with E-state index in [9.17, 15) is 18.0 Å². The van der Waals surface area contributed by atoms with E-state index >= 15 is 0 Å². The van der Waals surface area contributed by atoms with Crippen LogP contribution < -0.4 is 15.6 Å². The highest BCUT2D eigenvalue weighted by molar-refractivity contribution is 7.89. The van der Waals surface area contributed by atoms with Gasteiger partial charge in [-0.25, -0.2) is 8.42 Å². The number of benzene rings is 1. The molecule has 0 bridgehead atoms. The molecule has 0 saturated carbocycles. The van der Waals surface area contributed by atoms with Crippen molar-refractivity contribution in [1.29, 1.82) is 0 Å². The van der Waals surface area contributed by atoms with Gasteiger partial charge in [0, 0.05) is 30.4 Å². The van der Waals surface area contributed by atoms with Gasteiger partial charge in [-0.05, 0) is 24.3 Å². The lowest BCUT2D eigenvalue weighted by atomic mass is 10.3. The van der Waals surface area contributed by atoms with Gasteiger partial charge in [0.05, 0.1) is 30.9 Å². The van der Waals surface area contributed by atoms with Crippen LogP contribution in [0, 0.1) is 0 Å². The maximum atomic E-state index is 12.8. The molecule has 9 nitrogen and oxygen atoms in total.